The summed E-state index contributed by atoms with van der Waals surface area (Å²) < 4.78 is 13.1. The Morgan fingerprint density at radius 3 is 2.43 bits per heavy atom. The number of aryl methyl sites for hydroxylation is 1. The quantitative estimate of drug-likeness (QED) is 0.510. The third-order valence-corrected chi connectivity index (χ3v) is 7.13. The summed E-state index contributed by atoms with van der Waals surface area (Å²) in [5, 5.41) is 23.1. The molecule has 5 nitrogen and oxygen atoms in total. The summed E-state index contributed by atoms with van der Waals surface area (Å²) in [4.78, 5) is 3.98. The smallest absolute Gasteiger partial charge is 0.123 e. The second-order valence-corrected chi connectivity index (χ2v) is 8.96. The van der Waals surface area contributed by atoms with Gasteiger partial charge in [-0.05, 0) is 68.3 Å². The molecule has 0 fully saturated rings. The van der Waals surface area contributed by atoms with Crippen LogP contribution in [0.1, 0.15) is 23.1 Å². The molecule has 1 aliphatic rings. The van der Waals surface area contributed by atoms with Crippen molar-refractivity contribution in [3.8, 4) is 11.5 Å². The first-order valence-electron chi connectivity index (χ1n) is 10.1. The van der Waals surface area contributed by atoms with E-state index in [1.54, 1.807) is 18.2 Å². The number of phenols is 2. The summed E-state index contributed by atoms with van der Waals surface area (Å²) in [6.07, 6.45) is 0.849. The van der Waals surface area contributed by atoms with Gasteiger partial charge in [0, 0.05) is 18.7 Å². The van der Waals surface area contributed by atoms with Gasteiger partial charge in [-0.15, -0.1) is 0 Å². The molecule has 1 heterocycles. The van der Waals surface area contributed by atoms with Gasteiger partial charge in [-0.3, -0.25) is 0 Å². The van der Waals surface area contributed by atoms with Crippen LogP contribution in [0.2, 0.25) is 0 Å². The fourth-order valence-corrected chi connectivity index (χ4v) is 5.33. The minimum absolute atomic E-state index is 0.0926. The van der Waals surface area contributed by atoms with Crippen molar-refractivity contribution in [2.24, 2.45) is 0 Å². The molecule has 1 aliphatic heterocycles. The van der Waals surface area contributed by atoms with Gasteiger partial charge in [-0.1, -0.05) is 24.3 Å². The molecule has 0 radical (unpaired) electrons. The molecule has 0 bridgehead atoms. The highest BCUT2D eigenvalue weighted by molar-refractivity contribution is 7.85. The first-order valence-corrected chi connectivity index (χ1v) is 11.2. The van der Waals surface area contributed by atoms with E-state index in [9.17, 15) is 14.4 Å². The average Bonchev–Trinajstić information content (AvgIpc) is 2.74. The highest BCUT2D eigenvalue weighted by atomic mass is 32.2. The van der Waals surface area contributed by atoms with E-state index in [1.165, 1.54) is 5.56 Å². The van der Waals surface area contributed by atoms with Crippen LogP contribution in [0, 0.1) is 13.8 Å². The van der Waals surface area contributed by atoms with E-state index >= 15 is 0 Å². The molecule has 0 aromatic heterocycles. The highest BCUT2D eigenvalue weighted by Crippen LogP contribution is 2.44. The molecule has 3 aromatic carbocycles. The predicted octanol–water partition coefficient (Wildman–Crippen LogP) is 4.51. The largest absolute Gasteiger partial charge is 0.507 e. The van der Waals surface area contributed by atoms with Crippen LogP contribution in [-0.4, -0.2) is 27.5 Å². The summed E-state index contributed by atoms with van der Waals surface area (Å²) in [5.41, 5.74) is 4.89. The van der Waals surface area contributed by atoms with Crippen LogP contribution in [0.25, 0.3) is 0 Å². The molecule has 3 aromatic rings. The van der Waals surface area contributed by atoms with Crippen molar-refractivity contribution in [1.29, 1.82) is 0 Å². The number of fused-ring (bicyclic) bond motifs is 2. The minimum Gasteiger partial charge on any atom is -0.507 e. The van der Waals surface area contributed by atoms with Crippen LogP contribution >= 0.6 is 0 Å². The number of rotatable bonds is 6. The fraction of sp³-hybridized carbons (Fsp3) is 0.250. The molecular weight excluding hydrogens is 396 g/mol. The summed E-state index contributed by atoms with van der Waals surface area (Å²) in [7, 11) is -1.18. The van der Waals surface area contributed by atoms with Gasteiger partial charge >= 0.3 is 0 Å². The number of phenolic OH excluding ortho intramolecular Hbond substituents is 2. The summed E-state index contributed by atoms with van der Waals surface area (Å²) >= 11 is 0. The van der Waals surface area contributed by atoms with Gasteiger partial charge < -0.3 is 20.4 Å². The zero-order chi connectivity index (χ0) is 21.3. The van der Waals surface area contributed by atoms with Gasteiger partial charge in [0.15, 0.2) is 0 Å². The van der Waals surface area contributed by atoms with Crippen molar-refractivity contribution in [2.45, 2.75) is 36.6 Å². The normalized spacial score (nSPS) is 15.0. The number of benzene rings is 3. The summed E-state index contributed by atoms with van der Waals surface area (Å²) in [5.74, 6) is 0.185. The standard InChI is InChI=1S/C24H26N2O3S/c1-16-11-12-23-24(17(16)2)26(19-7-3-4-10-22(19)30(23)29)14-6-13-25-15-18-20(27)8-5-9-21(18)28/h3-5,7-12,25,27-28H,6,13-15H2,1-2H3. The van der Waals surface area contributed by atoms with E-state index in [0.29, 0.717) is 12.1 Å². The first kappa shape index (κ1) is 20.4. The van der Waals surface area contributed by atoms with Crippen LogP contribution in [0.4, 0.5) is 11.4 Å². The molecule has 0 amide bonds. The van der Waals surface area contributed by atoms with E-state index < -0.39 is 10.8 Å². The van der Waals surface area contributed by atoms with Crippen molar-refractivity contribution in [1.82, 2.24) is 5.32 Å². The molecule has 156 valence electrons. The molecule has 0 saturated heterocycles. The Bertz CT molecular complexity index is 1090. The predicted molar refractivity (Wildman–Crippen MR) is 120 cm³/mol. The Morgan fingerprint density at radius 2 is 1.67 bits per heavy atom. The van der Waals surface area contributed by atoms with E-state index in [4.69, 9.17) is 0 Å². The Morgan fingerprint density at radius 1 is 0.933 bits per heavy atom. The summed E-state index contributed by atoms with van der Waals surface area (Å²) in [6.45, 7) is 6.05. The van der Waals surface area contributed by atoms with Crippen molar-refractivity contribution in [3.05, 3.63) is 71.3 Å². The second kappa shape index (κ2) is 8.50. The van der Waals surface area contributed by atoms with Crippen LogP contribution < -0.4 is 10.2 Å². The molecular formula is C24H26N2O3S. The number of nitrogens with one attached hydrogen (secondary N) is 1. The molecule has 4 rings (SSSR count). The monoisotopic (exact) mass is 422 g/mol. The van der Waals surface area contributed by atoms with Gasteiger partial charge in [0.25, 0.3) is 0 Å². The molecule has 30 heavy (non-hydrogen) atoms. The van der Waals surface area contributed by atoms with Gasteiger partial charge in [-0.2, -0.15) is 0 Å². The van der Waals surface area contributed by atoms with E-state index in [1.807, 2.05) is 36.4 Å². The molecule has 1 atom stereocenters. The van der Waals surface area contributed by atoms with Gasteiger partial charge in [-0.25, -0.2) is 4.21 Å². The minimum atomic E-state index is -1.18. The maximum Gasteiger partial charge on any atom is 0.123 e. The number of nitrogens with zero attached hydrogens (tertiary/aromatic N) is 1. The molecule has 0 saturated carbocycles. The van der Waals surface area contributed by atoms with Crippen molar-refractivity contribution < 1.29 is 14.4 Å². The molecule has 0 spiro atoms. The van der Waals surface area contributed by atoms with Crippen molar-refractivity contribution in [3.63, 3.8) is 0 Å². The van der Waals surface area contributed by atoms with E-state index in [-0.39, 0.29) is 11.5 Å². The molecule has 1 unspecified atom stereocenters. The van der Waals surface area contributed by atoms with Crippen LogP contribution in [-0.2, 0) is 17.3 Å². The maximum atomic E-state index is 13.1. The Balaban J connectivity index is 1.51. The first-order chi connectivity index (χ1) is 14.5. The van der Waals surface area contributed by atoms with Gasteiger partial charge in [0.05, 0.1) is 32.0 Å². The fourth-order valence-electron chi connectivity index (χ4n) is 3.89. The number of aromatic hydroxyl groups is 2. The van der Waals surface area contributed by atoms with Crippen molar-refractivity contribution >= 4 is 22.2 Å². The van der Waals surface area contributed by atoms with Crippen LogP contribution in [0.15, 0.2) is 64.4 Å². The topological polar surface area (TPSA) is 72.8 Å². The lowest BCUT2D eigenvalue weighted by Gasteiger charge is -2.34. The van der Waals surface area contributed by atoms with Crippen LogP contribution in [0.5, 0.6) is 11.5 Å². The lowest BCUT2D eigenvalue weighted by Crippen LogP contribution is -2.28. The SMILES string of the molecule is Cc1ccc2c(c1C)N(CCCNCc1c(O)cccc1O)c1ccccc1S2=O. The zero-order valence-corrected chi connectivity index (χ0v) is 18.0. The molecule has 0 aliphatic carbocycles. The number of hydrogen-bond acceptors (Lipinski definition) is 5. The molecule has 6 heteroatoms. The number of para-hydroxylation sites is 1. The van der Waals surface area contributed by atoms with Crippen molar-refractivity contribution in [2.75, 3.05) is 18.0 Å². The lowest BCUT2D eigenvalue weighted by molar-refractivity contribution is 0.433. The van der Waals surface area contributed by atoms with Crippen LogP contribution in [0.3, 0.4) is 0 Å². The second-order valence-electron chi connectivity index (χ2n) is 7.55. The zero-order valence-electron chi connectivity index (χ0n) is 17.2. The Hall–Kier alpha value is -2.83. The average molecular weight is 423 g/mol. The third-order valence-electron chi connectivity index (χ3n) is 5.65. The van der Waals surface area contributed by atoms with E-state index in [2.05, 4.69) is 24.1 Å². The Kier molecular flexibility index (Phi) is 5.79. The van der Waals surface area contributed by atoms with E-state index in [0.717, 1.165) is 46.2 Å². The number of hydrogen-bond donors (Lipinski definition) is 3. The summed E-state index contributed by atoms with van der Waals surface area (Å²) in [6, 6.07) is 16.7. The Labute approximate surface area is 179 Å². The van der Waals surface area contributed by atoms with Gasteiger partial charge in [0.2, 0.25) is 0 Å². The van der Waals surface area contributed by atoms with Gasteiger partial charge in [0.1, 0.15) is 11.5 Å². The number of anilines is 2. The lowest BCUT2D eigenvalue weighted by atomic mass is 10.1. The highest BCUT2D eigenvalue weighted by Gasteiger charge is 2.29. The molecule has 3 N–H and O–H groups in total. The third kappa shape index (κ3) is 3.68. The maximum absolute atomic E-state index is 13.1.